The summed E-state index contributed by atoms with van der Waals surface area (Å²) in [6, 6.07) is 21.9. The van der Waals surface area contributed by atoms with Crippen LogP contribution in [-0.2, 0) is 6.54 Å². The van der Waals surface area contributed by atoms with Crippen LogP contribution < -0.4 is 10.9 Å². The Morgan fingerprint density at radius 3 is 2.26 bits per heavy atom. The Morgan fingerprint density at radius 2 is 1.60 bits per heavy atom. The largest absolute Gasteiger partial charge is 0.377 e. The summed E-state index contributed by atoms with van der Waals surface area (Å²) < 4.78 is 0. The number of benzene rings is 3. The predicted molar refractivity (Wildman–Crippen MR) is 139 cm³/mol. The fourth-order valence-electron chi connectivity index (χ4n) is 4.91. The van der Waals surface area contributed by atoms with Crippen molar-refractivity contribution in [2.75, 3.05) is 33.5 Å². The lowest BCUT2D eigenvalue weighted by atomic mass is 9.79. The van der Waals surface area contributed by atoms with Crippen molar-refractivity contribution in [2.24, 2.45) is 0 Å². The summed E-state index contributed by atoms with van der Waals surface area (Å²) in [4.78, 5) is 28.7. The molecule has 0 saturated heterocycles. The van der Waals surface area contributed by atoms with E-state index in [0.717, 1.165) is 34.4 Å². The number of hydrogen-bond acceptors (Lipinski definition) is 5. The second-order valence-corrected chi connectivity index (χ2v) is 9.57. The molecule has 1 aromatic heterocycles. The summed E-state index contributed by atoms with van der Waals surface area (Å²) in [5, 5.41) is 12.4. The number of aromatic nitrogens is 2. The number of rotatable bonds is 5. The zero-order chi connectivity index (χ0) is 24.7. The van der Waals surface area contributed by atoms with Crippen LogP contribution in [0.15, 0.2) is 71.5 Å². The molecule has 0 radical (unpaired) electrons. The van der Waals surface area contributed by atoms with Gasteiger partial charge in [0.2, 0.25) is 0 Å². The molecule has 7 nitrogen and oxygen atoms in total. The van der Waals surface area contributed by atoms with Gasteiger partial charge in [0, 0.05) is 37.3 Å². The highest BCUT2D eigenvalue weighted by atomic mass is 16.2. The Bertz CT molecular complexity index is 1440. The number of nitrogens with one attached hydrogen (secondary N) is 2. The van der Waals surface area contributed by atoms with Gasteiger partial charge in [-0.2, -0.15) is 5.10 Å². The number of H-pyrrole nitrogens is 1. The third kappa shape index (κ3) is 4.19. The first-order chi connectivity index (χ1) is 16.8. The molecule has 4 aromatic rings. The van der Waals surface area contributed by atoms with Gasteiger partial charge in [-0.1, -0.05) is 42.5 Å². The third-order valence-corrected chi connectivity index (χ3v) is 6.54. The van der Waals surface area contributed by atoms with Crippen molar-refractivity contribution in [3.05, 3.63) is 105 Å². The van der Waals surface area contributed by atoms with Gasteiger partial charge in [0.1, 0.15) is 0 Å². The molecule has 178 valence electrons. The molecule has 2 heterocycles. The Morgan fingerprint density at radius 1 is 0.914 bits per heavy atom. The normalized spacial score (nSPS) is 16.8. The highest BCUT2D eigenvalue weighted by Crippen LogP contribution is 2.46. The lowest BCUT2D eigenvalue weighted by Crippen LogP contribution is -2.28. The van der Waals surface area contributed by atoms with E-state index in [1.165, 1.54) is 5.56 Å². The standard InChI is InChI=1S/C28H29N5O2/c1-32(2)16-17-8-10-19(11-9-17)25-23(18-12-14-20(15-13-18)28(35)33(3)4)26-24-21(27(34)31-30-26)6-5-7-22(24)29-25/h5-15,23,25,29H,16H2,1-4H3,(H,31,34). The topological polar surface area (TPSA) is 81.3 Å². The van der Waals surface area contributed by atoms with Crippen LogP contribution in [0.3, 0.4) is 0 Å². The van der Waals surface area contributed by atoms with Gasteiger partial charge in [0.25, 0.3) is 11.5 Å². The van der Waals surface area contributed by atoms with E-state index in [9.17, 15) is 9.59 Å². The zero-order valence-corrected chi connectivity index (χ0v) is 20.4. The molecule has 2 N–H and O–H groups in total. The molecule has 5 rings (SSSR count). The van der Waals surface area contributed by atoms with Crippen LogP contribution in [-0.4, -0.2) is 54.1 Å². The number of hydrogen-bond donors (Lipinski definition) is 2. The number of carbonyl (C=O) groups is 1. The quantitative estimate of drug-likeness (QED) is 0.464. The maximum absolute atomic E-state index is 12.5. The van der Waals surface area contributed by atoms with Crippen LogP contribution in [0.1, 0.15) is 44.7 Å². The van der Waals surface area contributed by atoms with Gasteiger partial charge < -0.3 is 15.1 Å². The van der Waals surface area contributed by atoms with Gasteiger partial charge >= 0.3 is 0 Å². The maximum Gasteiger partial charge on any atom is 0.272 e. The second-order valence-electron chi connectivity index (χ2n) is 9.57. The first-order valence-electron chi connectivity index (χ1n) is 11.7. The average Bonchev–Trinajstić information content (AvgIpc) is 2.85. The smallest absolute Gasteiger partial charge is 0.272 e. The van der Waals surface area contributed by atoms with E-state index in [0.29, 0.717) is 10.9 Å². The van der Waals surface area contributed by atoms with Gasteiger partial charge in [-0.3, -0.25) is 9.59 Å². The molecule has 0 spiro atoms. The predicted octanol–water partition coefficient (Wildman–Crippen LogP) is 3.99. The molecule has 2 unspecified atom stereocenters. The monoisotopic (exact) mass is 467 g/mol. The van der Waals surface area contributed by atoms with E-state index >= 15 is 0 Å². The zero-order valence-electron chi connectivity index (χ0n) is 20.4. The van der Waals surface area contributed by atoms with Crippen LogP contribution in [0.5, 0.6) is 0 Å². The van der Waals surface area contributed by atoms with Crippen LogP contribution in [0.25, 0.3) is 10.8 Å². The molecule has 2 atom stereocenters. The molecule has 0 saturated carbocycles. The molecule has 0 fully saturated rings. The molecule has 35 heavy (non-hydrogen) atoms. The Kier molecular flexibility index (Phi) is 5.86. The molecular weight excluding hydrogens is 438 g/mol. The minimum atomic E-state index is -0.204. The fourth-order valence-corrected chi connectivity index (χ4v) is 4.91. The summed E-state index contributed by atoms with van der Waals surface area (Å²) >= 11 is 0. The van der Waals surface area contributed by atoms with E-state index in [1.807, 2.05) is 42.5 Å². The van der Waals surface area contributed by atoms with Crippen molar-refractivity contribution < 1.29 is 4.79 Å². The van der Waals surface area contributed by atoms with E-state index in [2.05, 4.69) is 58.8 Å². The van der Waals surface area contributed by atoms with Crippen molar-refractivity contribution >= 4 is 22.4 Å². The number of amides is 1. The van der Waals surface area contributed by atoms with E-state index in [1.54, 1.807) is 19.0 Å². The van der Waals surface area contributed by atoms with Crippen molar-refractivity contribution in [1.82, 2.24) is 20.0 Å². The molecule has 7 heteroatoms. The number of aromatic amines is 1. The lowest BCUT2D eigenvalue weighted by molar-refractivity contribution is 0.0827. The van der Waals surface area contributed by atoms with E-state index in [4.69, 9.17) is 0 Å². The minimum absolute atomic E-state index is 0.0405. The van der Waals surface area contributed by atoms with Crippen LogP contribution in [0, 0.1) is 0 Å². The summed E-state index contributed by atoms with van der Waals surface area (Å²) in [6.07, 6.45) is 0. The Balaban J connectivity index is 1.64. The van der Waals surface area contributed by atoms with Crippen LogP contribution in [0.2, 0.25) is 0 Å². The minimum Gasteiger partial charge on any atom is -0.377 e. The van der Waals surface area contributed by atoms with Crippen LogP contribution >= 0.6 is 0 Å². The number of nitrogens with zero attached hydrogens (tertiary/aromatic N) is 3. The molecule has 0 bridgehead atoms. The molecule has 3 aromatic carbocycles. The molecule has 1 aliphatic heterocycles. The van der Waals surface area contributed by atoms with Gasteiger partial charge in [-0.15, -0.1) is 0 Å². The fraction of sp³-hybridized carbons (Fsp3) is 0.250. The van der Waals surface area contributed by atoms with Gasteiger partial charge in [0.15, 0.2) is 0 Å². The van der Waals surface area contributed by atoms with Crippen molar-refractivity contribution in [1.29, 1.82) is 0 Å². The summed E-state index contributed by atoms with van der Waals surface area (Å²) in [6.45, 7) is 0.869. The third-order valence-electron chi connectivity index (χ3n) is 6.54. The second kappa shape index (κ2) is 9.00. The van der Waals surface area contributed by atoms with Crippen molar-refractivity contribution in [3.8, 4) is 0 Å². The average molecular weight is 468 g/mol. The first kappa shape index (κ1) is 22.8. The summed E-state index contributed by atoms with van der Waals surface area (Å²) in [5.41, 5.74) is 5.53. The molecule has 1 amide bonds. The highest BCUT2D eigenvalue weighted by Gasteiger charge is 2.34. The number of anilines is 1. The van der Waals surface area contributed by atoms with Crippen LogP contribution in [0.4, 0.5) is 5.69 Å². The Labute approximate surface area is 204 Å². The molecule has 0 aliphatic carbocycles. The summed E-state index contributed by atoms with van der Waals surface area (Å²) in [7, 11) is 7.60. The maximum atomic E-state index is 12.5. The van der Waals surface area contributed by atoms with Gasteiger partial charge in [-0.25, -0.2) is 5.10 Å². The Hall–Kier alpha value is -3.97. The van der Waals surface area contributed by atoms with Crippen molar-refractivity contribution in [2.45, 2.75) is 18.5 Å². The van der Waals surface area contributed by atoms with Crippen molar-refractivity contribution in [3.63, 3.8) is 0 Å². The lowest BCUT2D eigenvalue weighted by Gasteiger charge is -2.35. The summed E-state index contributed by atoms with van der Waals surface area (Å²) in [5.74, 6) is -0.200. The van der Waals surface area contributed by atoms with E-state index < -0.39 is 0 Å². The van der Waals surface area contributed by atoms with Gasteiger partial charge in [0.05, 0.1) is 23.0 Å². The highest BCUT2D eigenvalue weighted by molar-refractivity contribution is 5.97. The molecular formula is C28H29N5O2. The SMILES string of the molecule is CN(C)Cc1ccc(C2Nc3cccc4c(=O)[nH]nc(c34)C2c2ccc(C(=O)N(C)C)cc2)cc1. The number of carbonyl (C=O) groups excluding carboxylic acids is 1. The van der Waals surface area contributed by atoms with Gasteiger partial charge in [-0.05, 0) is 55.1 Å². The first-order valence-corrected chi connectivity index (χ1v) is 11.7. The molecule has 1 aliphatic rings. The van der Waals surface area contributed by atoms with E-state index in [-0.39, 0.29) is 23.4 Å².